The molecule has 0 aliphatic rings. The molecule has 0 heterocycles. The molecule has 18 heavy (non-hydrogen) atoms. The van der Waals surface area contributed by atoms with Crippen LogP contribution in [-0.2, 0) is 5.75 Å². The van der Waals surface area contributed by atoms with Gasteiger partial charge in [-0.05, 0) is 29.9 Å². The predicted molar refractivity (Wildman–Crippen MR) is 78.3 cm³/mol. The number of hydrogen-bond donors (Lipinski definition) is 1. The van der Waals surface area contributed by atoms with E-state index in [1.807, 2.05) is 23.9 Å². The molecule has 100 valence electrons. The van der Waals surface area contributed by atoms with Gasteiger partial charge in [-0.3, -0.25) is 0 Å². The average molecular weight is 266 g/mol. The van der Waals surface area contributed by atoms with Gasteiger partial charge in [-0.1, -0.05) is 44.7 Å². The van der Waals surface area contributed by atoms with Gasteiger partial charge >= 0.3 is 5.97 Å². The SMILES string of the molecule is CCCCCCCSCc1cccc(C(=O)O)c1. The fourth-order valence-electron chi connectivity index (χ4n) is 1.79. The molecule has 0 atom stereocenters. The predicted octanol–water partition coefficient (Wildman–Crippen LogP) is 4.59. The van der Waals surface area contributed by atoms with Crippen molar-refractivity contribution in [3.05, 3.63) is 35.4 Å². The monoisotopic (exact) mass is 266 g/mol. The minimum atomic E-state index is -0.846. The molecule has 0 spiro atoms. The number of hydrogen-bond acceptors (Lipinski definition) is 2. The van der Waals surface area contributed by atoms with Gasteiger partial charge in [-0.15, -0.1) is 0 Å². The molecule has 0 aromatic heterocycles. The zero-order valence-electron chi connectivity index (χ0n) is 11.0. The summed E-state index contributed by atoms with van der Waals surface area (Å²) in [6.07, 6.45) is 6.55. The molecule has 0 fully saturated rings. The van der Waals surface area contributed by atoms with Gasteiger partial charge in [0.05, 0.1) is 5.56 Å². The molecule has 0 amide bonds. The first-order valence-electron chi connectivity index (χ1n) is 6.64. The molecule has 3 heteroatoms. The zero-order chi connectivity index (χ0) is 13.2. The Morgan fingerprint density at radius 2 is 2.00 bits per heavy atom. The summed E-state index contributed by atoms with van der Waals surface area (Å²) in [6, 6.07) is 7.23. The highest BCUT2D eigenvalue weighted by Crippen LogP contribution is 2.16. The quantitative estimate of drug-likeness (QED) is 0.664. The van der Waals surface area contributed by atoms with E-state index in [9.17, 15) is 4.79 Å². The Morgan fingerprint density at radius 1 is 1.22 bits per heavy atom. The van der Waals surface area contributed by atoms with Crippen molar-refractivity contribution in [2.24, 2.45) is 0 Å². The largest absolute Gasteiger partial charge is 0.478 e. The molecule has 0 unspecified atom stereocenters. The molecule has 1 aromatic rings. The third-order valence-corrected chi connectivity index (χ3v) is 3.95. The standard InChI is InChI=1S/C15H22O2S/c1-2-3-4-5-6-10-18-12-13-8-7-9-14(11-13)15(16)17/h7-9,11H,2-6,10,12H2,1H3,(H,16,17). The molecule has 2 nitrogen and oxygen atoms in total. The normalized spacial score (nSPS) is 10.5. The van der Waals surface area contributed by atoms with E-state index in [-0.39, 0.29) is 0 Å². The molecule has 1 aromatic carbocycles. The van der Waals surface area contributed by atoms with E-state index in [0.29, 0.717) is 5.56 Å². The van der Waals surface area contributed by atoms with Crippen molar-refractivity contribution < 1.29 is 9.90 Å². The molecule has 0 aliphatic carbocycles. The van der Waals surface area contributed by atoms with Crippen LogP contribution in [0.15, 0.2) is 24.3 Å². The van der Waals surface area contributed by atoms with E-state index in [1.165, 1.54) is 37.9 Å². The summed E-state index contributed by atoms with van der Waals surface area (Å²) in [7, 11) is 0. The number of unbranched alkanes of at least 4 members (excludes halogenated alkanes) is 4. The van der Waals surface area contributed by atoms with E-state index in [4.69, 9.17) is 5.11 Å². The number of carboxylic acids is 1. The molecule has 1 N–H and O–H groups in total. The van der Waals surface area contributed by atoms with Gasteiger partial charge in [0.25, 0.3) is 0 Å². The van der Waals surface area contributed by atoms with Gasteiger partial charge in [-0.25, -0.2) is 4.79 Å². The summed E-state index contributed by atoms with van der Waals surface area (Å²) in [5.74, 6) is 1.23. The van der Waals surface area contributed by atoms with E-state index in [0.717, 1.165) is 11.3 Å². The highest BCUT2D eigenvalue weighted by molar-refractivity contribution is 7.98. The van der Waals surface area contributed by atoms with Crippen molar-refractivity contribution in [1.29, 1.82) is 0 Å². The lowest BCUT2D eigenvalue weighted by atomic mass is 10.1. The number of carbonyl (C=O) groups is 1. The lowest BCUT2D eigenvalue weighted by molar-refractivity contribution is 0.0697. The number of rotatable bonds is 9. The van der Waals surface area contributed by atoms with Crippen LogP contribution in [-0.4, -0.2) is 16.8 Å². The molecule has 1 rings (SSSR count). The summed E-state index contributed by atoms with van der Waals surface area (Å²) < 4.78 is 0. The minimum Gasteiger partial charge on any atom is -0.478 e. The van der Waals surface area contributed by atoms with Crippen LogP contribution in [0.2, 0.25) is 0 Å². The summed E-state index contributed by atoms with van der Waals surface area (Å²) in [6.45, 7) is 2.23. The topological polar surface area (TPSA) is 37.3 Å². The lowest BCUT2D eigenvalue weighted by Crippen LogP contribution is -1.96. The van der Waals surface area contributed by atoms with Gasteiger partial charge < -0.3 is 5.11 Å². The number of benzene rings is 1. The Hall–Kier alpha value is -0.960. The first-order chi connectivity index (χ1) is 8.74. The Balaban J connectivity index is 2.19. The molecule has 0 aliphatic heterocycles. The smallest absolute Gasteiger partial charge is 0.335 e. The first kappa shape index (κ1) is 15.1. The van der Waals surface area contributed by atoms with Crippen molar-refractivity contribution in [2.45, 2.75) is 44.8 Å². The van der Waals surface area contributed by atoms with Crippen molar-refractivity contribution in [2.75, 3.05) is 5.75 Å². The Labute approximate surface area is 114 Å². The lowest BCUT2D eigenvalue weighted by Gasteiger charge is -2.03. The van der Waals surface area contributed by atoms with Gasteiger partial charge in [-0.2, -0.15) is 11.8 Å². The van der Waals surface area contributed by atoms with Crippen LogP contribution in [0.3, 0.4) is 0 Å². The van der Waals surface area contributed by atoms with Crippen molar-refractivity contribution in [3.8, 4) is 0 Å². The Kier molecular flexibility index (Phi) is 7.58. The van der Waals surface area contributed by atoms with Crippen LogP contribution in [0.25, 0.3) is 0 Å². The van der Waals surface area contributed by atoms with E-state index in [1.54, 1.807) is 12.1 Å². The minimum absolute atomic E-state index is 0.385. The van der Waals surface area contributed by atoms with Crippen LogP contribution < -0.4 is 0 Å². The number of aromatic carboxylic acids is 1. The average Bonchev–Trinajstić information content (AvgIpc) is 2.38. The fourth-order valence-corrected chi connectivity index (χ4v) is 2.76. The van der Waals surface area contributed by atoms with E-state index >= 15 is 0 Å². The maximum Gasteiger partial charge on any atom is 0.335 e. The van der Waals surface area contributed by atoms with Crippen molar-refractivity contribution in [1.82, 2.24) is 0 Å². The molecule has 0 saturated heterocycles. The third kappa shape index (κ3) is 6.10. The molecular formula is C15H22O2S. The third-order valence-electron chi connectivity index (χ3n) is 2.83. The maximum absolute atomic E-state index is 10.8. The highest BCUT2D eigenvalue weighted by Gasteiger charge is 2.02. The fraction of sp³-hybridized carbons (Fsp3) is 0.533. The molecule has 0 radical (unpaired) electrons. The van der Waals surface area contributed by atoms with E-state index < -0.39 is 5.97 Å². The Morgan fingerprint density at radius 3 is 2.72 bits per heavy atom. The van der Waals surface area contributed by atoms with Gasteiger partial charge in [0.15, 0.2) is 0 Å². The van der Waals surface area contributed by atoms with Crippen LogP contribution in [0.4, 0.5) is 0 Å². The summed E-state index contributed by atoms with van der Waals surface area (Å²) >= 11 is 1.89. The highest BCUT2D eigenvalue weighted by atomic mass is 32.2. The Bertz CT molecular complexity index is 363. The second kappa shape index (κ2) is 9.03. The van der Waals surface area contributed by atoms with Crippen LogP contribution >= 0.6 is 11.8 Å². The van der Waals surface area contributed by atoms with E-state index in [2.05, 4.69) is 6.92 Å². The van der Waals surface area contributed by atoms with Crippen LogP contribution in [0.5, 0.6) is 0 Å². The molecular weight excluding hydrogens is 244 g/mol. The van der Waals surface area contributed by atoms with Crippen molar-refractivity contribution in [3.63, 3.8) is 0 Å². The maximum atomic E-state index is 10.8. The number of thioether (sulfide) groups is 1. The van der Waals surface area contributed by atoms with Crippen LogP contribution in [0.1, 0.15) is 54.9 Å². The van der Waals surface area contributed by atoms with Crippen molar-refractivity contribution >= 4 is 17.7 Å². The van der Waals surface area contributed by atoms with Crippen LogP contribution in [0, 0.1) is 0 Å². The first-order valence-corrected chi connectivity index (χ1v) is 7.79. The summed E-state index contributed by atoms with van der Waals surface area (Å²) in [4.78, 5) is 10.8. The molecule has 0 saturated carbocycles. The summed E-state index contributed by atoms with van der Waals surface area (Å²) in [5.41, 5.74) is 1.49. The molecule has 0 bridgehead atoms. The van der Waals surface area contributed by atoms with Gasteiger partial charge in [0.2, 0.25) is 0 Å². The van der Waals surface area contributed by atoms with Gasteiger partial charge in [0, 0.05) is 5.75 Å². The summed E-state index contributed by atoms with van der Waals surface area (Å²) in [5, 5.41) is 8.89. The second-order valence-electron chi connectivity index (χ2n) is 4.47. The number of carboxylic acid groups (broad SMARTS) is 1. The zero-order valence-corrected chi connectivity index (χ0v) is 11.8. The van der Waals surface area contributed by atoms with Gasteiger partial charge in [0.1, 0.15) is 0 Å². The second-order valence-corrected chi connectivity index (χ2v) is 5.58.